The smallest absolute Gasteiger partial charge is 0.135 e. The van der Waals surface area contributed by atoms with Crippen molar-refractivity contribution in [3.8, 4) is 55.6 Å². The largest absolute Gasteiger partial charge is 0.456 e. The fraction of sp³-hybridized carbons (Fsp3) is 0. The van der Waals surface area contributed by atoms with Crippen LogP contribution in [0, 0.1) is 0 Å². The Kier molecular flexibility index (Phi) is 11.0. The van der Waals surface area contributed by atoms with Crippen LogP contribution >= 0.6 is 34.0 Å². The quantitative estimate of drug-likeness (QED) is 0.124. The Hall–Kier alpha value is -11.5. The zero-order chi connectivity index (χ0) is 62.4. The van der Waals surface area contributed by atoms with Gasteiger partial charge in [0, 0.05) is 87.6 Å². The van der Waals surface area contributed by atoms with Crippen LogP contribution in [0.5, 0.6) is 0 Å². The number of thiophene rings is 3. The molecule has 4 aromatic heterocycles. The monoisotopic (exact) mass is 1270 g/mol. The lowest BCUT2D eigenvalue weighted by Crippen LogP contribution is -1.91. The summed E-state index contributed by atoms with van der Waals surface area (Å²) in [5.41, 5.74) is 14.3. The second kappa shape index (κ2) is 20.0. The Bertz CT molecular complexity index is 7100. The first-order valence-electron chi connectivity index (χ1n) is 32.9. The van der Waals surface area contributed by atoms with E-state index in [0.29, 0.717) is 0 Å². The predicted octanol–water partition coefficient (Wildman–Crippen LogP) is 28.3. The molecule has 96 heavy (non-hydrogen) atoms. The standard InChI is InChI=1S/C92H50OS3/c1-4-23-61-56(19-1)58-21-3-14-33-71(58)91-88(61)76-49-54(41-45-80(76)94-91)85-67-29-10-12-31-69(67)86(70-32-13-11-30-68(70)85)72-35-17-36-73-87-55(34-18-38-82(87)96-90(72)73)51-39-43-59-57-20-2-5-24-62(57)89-77-50-53(42-46-81(77)95-92(89)75(59)47-51)84-65-27-8-6-25-63(65)83(64-26-7-9-28-66(64)84)52-40-44-79-74(48-52)60-22-15-16-37-78(60)93-79/h1-50H. The highest BCUT2D eigenvalue weighted by atomic mass is 32.1. The fourth-order valence-corrected chi connectivity index (χ4v) is 20.7. The van der Waals surface area contributed by atoms with Crippen LogP contribution in [0.25, 0.3) is 224 Å². The molecule has 0 bridgehead atoms. The van der Waals surface area contributed by atoms with Crippen LogP contribution in [0.15, 0.2) is 308 Å². The lowest BCUT2D eigenvalue weighted by atomic mass is 9.85. The minimum atomic E-state index is 0.906. The van der Waals surface area contributed by atoms with Gasteiger partial charge in [0.1, 0.15) is 11.2 Å². The van der Waals surface area contributed by atoms with Gasteiger partial charge in [0.15, 0.2) is 0 Å². The zero-order valence-corrected chi connectivity index (χ0v) is 53.9. The van der Waals surface area contributed by atoms with Crippen molar-refractivity contribution in [3.05, 3.63) is 303 Å². The van der Waals surface area contributed by atoms with Gasteiger partial charge >= 0.3 is 0 Å². The molecule has 1 nitrogen and oxygen atoms in total. The van der Waals surface area contributed by atoms with Crippen LogP contribution in [-0.4, -0.2) is 0 Å². The number of fused-ring (bicyclic) bond motifs is 26. The van der Waals surface area contributed by atoms with Crippen LogP contribution in [0.1, 0.15) is 0 Å². The van der Waals surface area contributed by atoms with E-state index in [1.165, 1.54) is 202 Å². The van der Waals surface area contributed by atoms with Gasteiger partial charge in [0.25, 0.3) is 0 Å². The first-order chi connectivity index (χ1) is 47.6. The Morgan fingerprint density at radius 2 is 0.542 bits per heavy atom. The maximum Gasteiger partial charge on any atom is 0.135 e. The van der Waals surface area contributed by atoms with Crippen molar-refractivity contribution in [2.75, 3.05) is 0 Å². The molecule has 0 saturated heterocycles. The third-order valence-electron chi connectivity index (χ3n) is 21.0. The van der Waals surface area contributed by atoms with E-state index in [1.54, 1.807) is 0 Å². The molecule has 0 atom stereocenters. The second-order valence-corrected chi connectivity index (χ2v) is 29.0. The van der Waals surface area contributed by atoms with Crippen LogP contribution < -0.4 is 0 Å². The molecule has 0 saturated carbocycles. The Labute approximate surface area is 561 Å². The van der Waals surface area contributed by atoms with Gasteiger partial charge in [-0.2, -0.15) is 0 Å². The highest BCUT2D eigenvalue weighted by Crippen LogP contribution is 2.54. The summed E-state index contributed by atoms with van der Waals surface area (Å²) in [6.07, 6.45) is 0. The van der Waals surface area contributed by atoms with Crippen LogP contribution in [0.3, 0.4) is 0 Å². The number of furan rings is 1. The molecule has 0 radical (unpaired) electrons. The molecule has 4 heterocycles. The topological polar surface area (TPSA) is 13.1 Å². The number of hydrogen-bond donors (Lipinski definition) is 0. The molecule has 0 aliphatic rings. The molecule has 18 aromatic carbocycles. The number of rotatable bonds is 5. The van der Waals surface area contributed by atoms with E-state index in [4.69, 9.17) is 4.42 Å². The highest BCUT2D eigenvalue weighted by Gasteiger charge is 2.25. The summed E-state index contributed by atoms with van der Waals surface area (Å²) in [4.78, 5) is 0. The van der Waals surface area contributed by atoms with E-state index in [-0.39, 0.29) is 0 Å². The minimum Gasteiger partial charge on any atom is -0.456 e. The van der Waals surface area contributed by atoms with E-state index in [1.807, 2.05) is 40.1 Å². The average Bonchev–Trinajstić information content (AvgIpc) is 1.39. The SMILES string of the molecule is c1ccc2c(c1)oc1ccc(-c3c4ccccc4c(-c4ccc5sc6c7cc(-c8cccc9sc%10c(-c%11c%12ccccc%12c(-c%12ccc%13sc%14c%15ccccc%15c%15ccccc%15c%14c%13c%12)c%12ccccc%11%12)cccc%10c89)ccc7c7ccccc7c6c5c4)c4ccccc34)cc12. The van der Waals surface area contributed by atoms with Crippen molar-refractivity contribution in [3.63, 3.8) is 0 Å². The van der Waals surface area contributed by atoms with Gasteiger partial charge in [-0.1, -0.05) is 249 Å². The van der Waals surface area contributed by atoms with Gasteiger partial charge in [-0.25, -0.2) is 0 Å². The molecular formula is C92H50OS3. The van der Waals surface area contributed by atoms with Crippen molar-refractivity contribution in [2.45, 2.75) is 0 Å². The third kappa shape index (κ3) is 7.38. The Morgan fingerprint density at radius 3 is 1.09 bits per heavy atom. The summed E-state index contributed by atoms with van der Waals surface area (Å²) in [5, 5.41) is 30.5. The molecule has 0 unspecified atom stereocenters. The molecule has 0 N–H and O–H groups in total. The average molecular weight is 1270 g/mol. The third-order valence-corrected chi connectivity index (χ3v) is 24.6. The molecule has 0 amide bonds. The summed E-state index contributed by atoms with van der Waals surface area (Å²) in [5.74, 6) is 0. The summed E-state index contributed by atoms with van der Waals surface area (Å²) < 4.78 is 14.2. The van der Waals surface area contributed by atoms with Gasteiger partial charge < -0.3 is 4.42 Å². The molecule has 0 spiro atoms. The molecule has 0 aliphatic carbocycles. The summed E-state index contributed by atoms with van der Waals surface area (Å²) >= 11 is 5.77. The lowest BCUT2D eigenvalue weighted by Gasteiger charge is -2.18. The number of para-hydroxylation sites is 1. The molecule has 4 heteroatoms. The van der Waals surface area contributed by atoms with Gasteiger partial charge in [0.2, 0.25) is 0 Å². The van der Waals surface area contributed by atoms with E-state index in [0.717, 1.165) is 21.9 Å². The van der Waals surface area contributed by atoms with Gasteiger partial charge in [-0.05, 0) is 180 Å². The van der Waals surface area contributed by atoms with E-state index in [9.17, 15) is 0 Å². The fourth-order valence-electron chi connectivity index (χ4n) is 17.0. The molecule has 22 rings (SSSR count). The normalized spacial score (nSPS) is 12.4. The van der Waals surface area contributed by atoms with E-state index in [2.05, 4.69) is 297 Å². The summed E-state index contributed by atoms with van der Waals surface area (Å²) in [6.45, 7) is 0. The van der Waals surface area contributed by atoms with Crippen molar-refractivity contribution in [2.24, 2.45) is 0 Å². The van der Waals surface area contributed by atoms with Crippen molar-refractivity contribution in [1.29, 1.82) is 0 Å². The van der Waals surface area contributed by atoms with E-state index < -0.39 is 0 Å². The maximum absolute atomic E-state index is 6.33. The molecule has 0 fully saturated rings. The maximum atomic E-state index is 6.33. The molecule has 442 valence electrons. The van der Waals surface area contributed by atoms with Crippen LogP contribution in [-0.2, 0) is 0 Å². The van der Waals surface area contributed by atoms with Crippen molar-refractivity contribution in [1.82, 2.24) is 0 Å². The summed E-state index contributed by atoms with van der Waals surface area (Å²) in [7, 11) is 0. The first kappa shape index (κ1) is 52.9. The van der Waals surface area contributed by atoms with Crippen molar-refractivity contribution < 1.29 is 4.42 Å². The second-order valence-electron chi connectivity index (χ2n) is 25.9. The lowest BCUT2D eigenvalue weighted by molar-refractivity contribution is 0.669. The van der Waals surface area contributed by atoms with Crippen molar-refractivity contribution >= 4 is 203 Å². The van der Waals surface area contributed by atoms with Gasteiger partial charge in [-0.3, -0.25) is 0 Å². The first-order valence-corrected chi connectivity index (χ1v) is 35.4. The Balaban J connectivity index is 0.708. The zero-order valence-electron chi connectivity index (χ0n) is 51.5. The van der Waals surface area contributed by atoms with Gasteiger partial charge in [-0.15, -0.1) is 34.0 Å². The van der Waals surface area contributed by atoms with Gasteiger partial charge in [0.05, 0.1) is 0 Å². The summed E-state index contributed by atoms with van der Waals surface area (Å²) in [6, 6.07) is 114. The molecule has 0 aliphatic heterocycles. The predicted molar refractivity (Wildman–Crippen MR) is 420 cm³/mol. The number of hydrogen-bond acceptors (Lipinski definition) is 4. The van der Waals surface area contributed by atoms with Crippen LogP contribution in [0.4, 0.5) is 0 Å². The Morgan fingerprint density at radius 1 is 0.177 bits per heavy atom. The molecule has 22 aromatic rings. The van der Waals surface area contributed by atoms with E-state index >= 15 is 0 Å². The molecular weight excluding hydrogens is 1220 g/mol. The highest BCUT2D eigenvalue weighted by molar-refractivity contribution is 7.27. The number of benzene rings is 18. The van der Waals surface area contributed by atoms with Crippen LogP contribution in [0.2, 0.25) is 0 Å². The minimum absolute atomic E-state index is 0.906.